The molecule has 96 valence electrons. The lowest BCUT2D eigenvalue weighted by atomic mass is 9.92. The van der Waals surface area contributed by atoms with Gasteiger partial charge in [-0.3, -0.25) is 0 Å². The summed E-state index contributed by atoms with van der Waals surface area (Å²) in [5.74, 6) is 0.792. The molecule has 1 aromatic carbocycles. The van der Waals surface area contributed by atoms with Crippen LogP contribution in [0.5, 0.6) is 0 Å². The molecule has 0 unspecified atom stereocenters. The van der Waals surface area contributed by atoms with Crippen LogP contribution in [0.15, 0.2) is 36.7 Å². The zero-order valence-corrected chi connectivity index (χ0v) is 10.9. The Labute approximate surface area is 108 Å². The van der Waals surface area contributed by atoms with Gasteiger partial charge in [0.1, 0.15) is 5.60 Å². The van der Waals surface area contributed by atoms with Crippen molar-refractivity contribution < 1.29 is 4.74 Å². The third kappa shape index (κ3) is 1.99. The second-order valence-corrected chi connectivity index (χ2v) is 5.35. The molecule has 18 heavy (non-hydrogen) atoms. The molecule has 2 saturated heterocycles. The quantitative estimate of drug-likeness (QED) is 0.821. The van der Waals surface area contributed by atoms with Gasteiger partial charge in [-0.2, -0.15) is 0 Å². The van der Waals surface area contributed by atoms with Gasteiger partial charge in [0.25, 0.3) is 0 Å². The Bertz CT molecular complexity index is 446. The number of piperidine rings is 1. The van der Waals surface area contributed by atoms with Crippen molar-refractivity contribution in [2.75, 3.05) is 24.5 Å². The van der Waals surface area contributed by atoms with Gasteiger partial charge in [0.05, 0.1) is 6.54 Å². The van der Waals surface area contributed by atoms with Crippen molar-refractivity contribution in [2.24, 2.45) is 0 Å². The summed E-state index contributed by atoms with van der Waals surface area (Å²) in [6.07, 6.45) is 2.13. The van der Waals surface area contributed by atoms with Crippen molar-refractivity contribution in [3.63, 3.8) is 0 Å². The Morgan fingerprint density at radius 2 is 1.89 bits per heavy atom. The van der Waals surface area contributed by atoms with Gasteiger partial charge in [-0.05, 0) is 38.7 Å². The molecule has 2 aliphatic heterocycles. The summed E-state index contributed by atoms with van der Waals surface area (Å²) >= 11 is 0. The van der Waals surface area contributed by atoms with Crippen LogP contribution in [0.1, 0.15) is 18.4 Å². The fourth-order valence-electron chi connectivity index (χ4n) is 2.82. The zero-order valence-electron chi connectivity index (χ0n) is 10.9. The minimum absolute atomic E-state index is 0.0206. The minimum Gasteiger partial charge on any atom is -0.471 e. The number of aryl methyl sites for hydroxylation is 1. The number of ether oxygens (including phenoxy) is 1. The van der Waals surface area contributed by atoms with Crippen LogP contribution in [0.2, 0.25) is 0 Å². The molecule has 3 rings (SSSR count). The molecular formula is C15H20N2O. The van der Waals surface area contributed by atoms with E-state index in [1.54, 1.807) is 0 Å². The van der Waals surface area contributed by atoms with Crippen molar-refractivity contribution >= 4 is 5.69 Å². The van der Waals surface area contributed by atoms with Crippen molar-refractivity contribution in [1.29, 1.82) is 0 Å². The van der Waals surface area contributed by atoms with E-state index < -0.39 is 0 Å². The van der Waals surface area contributed by atoms with Gasteiger partial charge >= 0.3 is 0 Å². The number of benzene rings is 1. The van der Waals surface area contributed by atoms with Crippen molar-refractivity contribution in [1.82, 2.24) is 5.32 Å². The Balaban J connectivity index is 1.82. The third-order valence-electron chi connectivity index (χ3n) is 3.94. The highest BCUT2D eigenvalue weighted by molar-refractivity contribution is 5.53. The van der Waals surface area contributed by atoms with E-state index in [9.17, 15) is 0 Å². The number of hydrogen-bond donors (Lipinski definition) is 1. The molecule has 0 amide bonds. The van der Waals surface area contributed by atoms with E-state index in [0.29, 0.717) is 0 Å². The van der Waals surface area contributed by atoms with E-state index in [0.717, 1.165) is 38.4 Å². The van der Waals surface area contributed by atoms with Gasteiger partial charge in [0, 0.05) is 18.5 Å². The summed E-state index contributed by atoms with van der Waals surface area (Å²) in [5.41, 5.74) is 2.44. The Morgan fingerprint density at radius 1 is 1.22 bits per heavy atom. The predicted molar refractivity (Wildman–Crippen MR) is 73.6 cm³/mol. The second kappa shape index (κ2) is 4.32. The summed E-state index contributed by atoms with van der Waals surface area (Å²) in [4.78, 5) is 2.20. The molecule has 2 heterocycles. The van der Waals surface area contributed by atoms with Crippen LogP contribution < -0.4 is 10.2 Å². The number of anilines is 1. The molecule has 0 radical (unpaired) electrons. The first-order valence-electron chi connectivity index (χ1n) is 6.61. The van der Waals surface area contributed by atoms with Crippen LogP contribution in [0.4, 0.5) is 5.69 Å². The lowest BCUT2D eigenvalue weighted by Crippen LogP contribution is -2.44. The number of nitrogens with one attached hydrogen (secondary N) is 1. The standard InChI is InChI=1S/C15H20N2O/c1-12-3-5-14(6-4-12)17-11-15(18-13(17)2)7-9-16-10-8-15/h3-6,16H,2,7-11H2,1H3. The van der Waals surface area contributed by atoms with Crippen molar-refractivity contribution in [3.8, 4) is 0 Å². The van der Waals surface area contributed by atoms with E-state index in [1.165, 1.54) is 11.3 Å². The van der Waals surface area contributed by atoms with E-state index >= 15 is 0 Å². The normalized spacial score (nSPS) is 22.3. The van der Waals surface area contributed by atoms with E-state index in [2.05, 4.69) is 48.0 Å². The highest BCUT2D eigenvalue weighted by atomic mass is 16.5. The number of nitrogens with zero attached hydrogens (tertiary/aromatic N) is 1. The summed E-state index contributed by atoms with van der Waals surface area (Å²) in [7, 11) is 0. The topological polar surface area (TPSA) is 24.5 Å². The molecule has 3 heteroatoms. The van der Waals surface area contributed by atoms with Gasteiger partial charge < -0.3 is 15.0 Å². The van der Waals surface area contributed by atoms with E-state index in [-0.39, 0.29) is 5.60 Å². The zero-order chi connectivity index (χ0) is 12.6. The summed E-state index contributed by atoms with van der Waals surface area (Å²) in [6, 6.07) is 8.56. The largest absolute Gasteiger partial charge is 0.471 e. The predicted octanol–water partition coefficient (Wildman–Crippen LogP) is 2.43. The van der Waals surface area contributed by atoms with Gasteiger partial charge in [0.15, 0.2) is 5.88 Å². The van der Waals surface area contributed by atoms with E-state index in [1.807, 2.05) is 0 Å². The average Bonchev–Trinajstić information content (AvgIpc) is 2.68. The van der Waals surface area contributed by atoms with Gasteiger partial charge in [-0.25, -0.2) is 0 Å². The second-order valence-electron chi connectivity index (χ2n) is 5.35. The molecule has 0 aliphatic carbocycles. The van der Waals surface area contributed by atoms with Crippen molar-refractivity contribution in [2.45, 2.75) is 25.4 Å². The van der Waals surface area contributed by atoms with Gasteiger partial charge in [-0.1, -0.05) is 17.7 Å². The lowest BCUT2D eigenvalue weighted by Gasteiger charge is -2.31. The molecule has 2 aliphatic rings. The van der Waals surface area contributed by atoms with E-state index in [4.69, 9.17) is 4.74 Å². The fraction of sp³-hybridized carbons (Fsp3) is 0.467. The monoisotopic (exact) mass is 244 g/mol. The fourth-order valence-corrected chi connectivity index (χ4v) is 2.82. The maximum absolute atomic E-state index is 6.08. The minimum atomic E-state index is -0.0206. The lowest BCUT2D eigenvalue weighted by molar-refractivity contribution is 0.0221. The Hall–Kier alpha value is -1.48. The molecule has 0 saturated carbocycles. The van der Waals surface area contributed by atoms with Crippen LogP contribution in [-0.4, -0.2) is 25.2 Å². The highest BCUT2D eigenvalue weighted by Gasteiger charge is 2.43. The Kier molecular flexibility index (Phi) is 2.78. The maximum atomic E-state index is 6.08. The molecule has 1 spiro atoms. The van der Waals surface area contributed by atoms with Crippen LogP contribution in [-0.2, 0) is 4.74 Å². The number of rotatable bonds is 1. The SMILES string of the molecule is C=C1OC2(CCNCC2)CN1c1ccc(C)cc1. The molecule has 0 atom stereocenters. The summed E-state index contributed by atoms with van der Waals surface area (Å²) in [5, 5.41) is 3.38. The Morgan fingerprint density at radius 3 is 2.56 bits per heavy atom. The first-order valence-corrected chi connectivity index (χ1v) is 6.61. The molecule has 1 aromatic rings. The average molecular weight is 244 g/mol. The highest BCUT2D eigenvalue weighted by Crippen LogP contribution is 2.37. The van der Waals surface area contributed by atoms with Gasteiger partial charge in [-0.15, -0.1) is 0 Å². The van der Waals surface area contributed by atoms with Crippen LogP contribution in [0.25, 0.3) is 0 Å². The van der Waals surface area contributed by atoms with Gasteiger partial charge in [0.2, 0.25) is 0 Å². The summed E-state index contributed by atoms with van der Waals surface area (Å²) < 4.78 is 6.08. The summed E-state index contributed by atoms with van der Waals surface area (Å²) in [6.45, 7) is 9.17. The molecule has 0 bridgehead atoms. The third-order valence-corrected chi connectivity index (χ3v) is 3.94. The molecule has 3 nitrogen and oxygen atoms in total. The first kappa shape index (κ1) is 11.6. The van der Waals surface area contributed by atoms with Crippen molar-refractivity contribution in [3.05, 3.63) is 42.3 Å². The molecule has 0 aromatic heterocycles. The maximum Gasteiger partial charge on any atom is 0.187 e. The van der Waals surface area contributed by atoms with Crippen LogP contribution in [0, 0.1) is 6.92 Å². The molecular weight excluding hydrogens is 224 g/mol. The molecule has 2 fully saturated rings. The number of hydrogen-bond acceptors (Lipinski definition) is 3. The molecule has 1 N–H and O–H groups in total. The van der Waals surface area contributed by atoms with Crippen LogP contribution >= 0.6 is 0 Å². The van der Waals surface area contributed by atoms with Crippen LogP contribution in [0.3, 0.4) is 0 Å². The smallest absolute Gasteiger partial charge is 0.187 e. The first-order chi connectivity index (χ1) is 8.69.